The summed E-state index contributed by atoms with van der Waals surface area (Å²) in [7, 11) is 0. The number of rotatable bonds is 4. The number of halogens is 4. The lowest BCUT2D eigenvalue weighted by Gasteiger charge is -2.09. The lowest BCUT2D eigenvalue weighted by Crippen LogP contribution is -2.08. The number of pyridine rings is 1. The Hall–Kier alpha value is -0.560. The van der Waals surface area contributed by atoms with Crippen LogP contribution in [-0.2, 0) is 16.5 Å². The van der Waals surface area contributed by atoms with Crippen molar-refractivity contribution in [2.45, 2.75) is 18.2 Å². The summed E-state index contributed by atoms with van der Waals surface area (Å²) in [6, 6.07) is 1.26. The van der Waals surface area contributed by atoms with E-state index in [4.69, 9.17) is 5.11 Å². The molecule has 7 heteroatoms. The van der Waals surface area contributed by atoms with Crippen molar-refractivity contribution in [3.63, 3.8) is 0 Å². The maximum Gasteiger partial charge on any atom is 0.309 e. The SMILES string of the molecule is O=C(O)Cc1nc(Br)c(CBr)cc1C(F)F. The average Bonchev–Trinajstić information content (AvgIpc) is 2.16. The first-order valence-electron chi connectivity index (χ1n) is 4.19. The van der Waals surface area contributed by atoms with Crippen molar-refractivity contribution in [3.8, 4) is 0 Å². The summed E-state index contributed by atoms with van der Waals surface area (Å²) in [4.78, 5) is 14.3. The highest BCUT2D eigenvalue weighted by molar-refractivity contribution is 9.10. The molecular formula is C9H7Br2F2NO2. The van der Waals surface area contributed by atoms with Gasteiger partial charge in [-0.25, -0.2) is 13.8 Å². The maximum atomic E-state index is 12.7. The third-order valence-electron chi connectivity index (χ3n) is 1.86. The first kappa shape index (κ1) is 13.5. The number of hydrogen-bond acceptors (Lipinski definition) is 2. The van der Waals surface area contributed by atoms with Crippen molar-refractivity contribution >= 4 is 37.8 Å². The zero-order chi connectivity index (χ0) is 12.3. The molecule has 0 atom stereocenters. The highest BCUT2D eigenvalue weighted by Gasteiger charge is 2.19. The molecule has 1 N–H and O–H groups in total. The molecule has 0 bridgehead atoms. The van der Waals surface area contributed by atoms with Gasteiger partial charge in [-0.1, -0.05) is 15.9 Å². The lowest BCUT2D eigenvalue weighted by atomic mass is 10.1. The Morgan fingerprint density at radius 3 is 2.62 bits per heavy atom. The Kier molecular flexibility index (Phi) is 4.79. The second kappa shape index (κ2) is 5.67. The van der Waals surface area contributed by atoms with Crippen LogP contribution in [0, 0.1) is 0 Å². The smallest absolute Gasteiger partial charge is 0.309 e. The maximum absolute atomic E-state index is 12.7. The zero-order valence-corrected chi connectivity index (χ0v) is 11.1. The third-order valence-corrected chi connectivity index (χ3v) is 3.15. The molecule has 0 saturated heterocycles. The predicted octanol–water partition coefficient (Wildman–Crippen LogP) is 3.30. The summed E-state index contributed by atoms with van der Waals surface area (Å²) >= 11 is 6.24. The number of alkyl halides is 3. The van der Waals surface area contributed by atoms with Gasteiger partial charge in [-0.2, -0.15) is 0 Å². The molecule has 0 unspecified atom stereocenters. The van der Waals surface area contributed by atoms with Gasteiger partial charge in [-0.3, -0.25) is 4.79 Å². The molecule has 0 aliphatic heterocycles. The van der Waals surface area contributed by atoms with E-state index in [9.17, 15) is 13.6 Å². The molecule has 0 spiro atoms. The Labute approximate surface area is 107 Å². The number of carbonyl (C=O) groups is 1. The van der Waals surface area contributed by atoms with E-state index >= 15 is 0 Å². The van der Waals surface area contributed by atoms with Gasteiger partial charge < -0.3 is 5.11 Å². The fourth-order valence-electron chi connectivity index (χ4n) is 1.15. The van der Waals surface area contributed by atoms with Crippen LogP contribution in [0.1, 0.15) is 23.2 Å². The predicted molar refractivity (Wildman–Crippen MR) is 60.9 cm³/mol. The summed E-state index contributed by atoms with van der Waals surface area (Å²) in [5, 5.41) is 8.95. The van der Waals surface area contributed by atoms with Gasteiger partial charge in [0.15, 0.2) is 0 Å². The van der Waals surface area contributed by atoms with E-state index in [1.807, 2.05) is 0 Å². The van der Waals surface area contributed by atoms with Crippen molar-refractivity contribution in [1.29, 1.82) is 0 Å². The van der Waals surface area contributed by atoms with E-state index in [-0.39, 0.29) is 11.3 Å². The highest BCUT2D eigenvalue weighted by atomic mass is 79.9. The summed E-state index contributed by atoms with van der Waals surface area (Å²) < 4.78 is 25.7. The van der Waals surface area contributed by atoms with Gasteiger partial charge in [0.05, 0.1) is 12.1 Å². The minimum atomic E-state index is -2.73. The van der Waals surface area contributed by atoms with E-state index in [1.54, 1.807) is 0 Å². The number of aromatic nitrogens is 1. The van der Waals surface area contributed by atoms with Crippen LogP contribution in [0.5, 0.6) is 0 Å². The summed E-state index contributed by atoms with van der Waals surface area (Å²) in [5.41, 5.74) is 0.114. The molecule has 1 rings (SSSR count). The van der Waals surface area contributed by atoms with E-state index in [0.29, 0.717) is 15.5 Å². The number of hydrogen-bond donors (Lipinski definition) is 1. The van der Waals surface area contributed by atoms with E-state index in [0.717, 1.165) is 0 Å². The van der Waals surface area contributed by atoms with Crippen molar-refractivity contribution in [2.75, 3.05) is 0 Å². The fraction of sp³-hybridized carbons (Fsp3) is 0.333. The molecular weight excluding hydrogens is 352 g/mol. The fourth-order valence-corrected chi connectivity index (χ4v) is 2.43. The minimum absolute atomic E-state index is 0.112. The molecule has 3 nitrogen and oxygen atoms in total. The van der Waals surface area contributed by atoms with E-state index in [1.165, 1.54) is 6.07 Å². The molecule has 0 aromatic carbocycles. The average molecular weight is 359 g/mol. The topological polar surface area (TPSA) is 50.2 Å². The number of nitrogens with zero attached hydrogens (tertiary/aromatic N) is 1. The van der Waals surface area contributed by atoms with Gasteiger partial charge in [-0.05, 0) is 27.6 Å². The van der Waals surface area contributed by atoms with Crippen LogP contribution in [0.3, 0.4) is 0 Å². The first-order chi connectivity index (χ1) is 7.45. The van der Waals surface area contributed by atoms with E-state index < -0.39 is 18.8 Å². The Balaban J connectivity index is 3.24. The molecule has 0 fully saturated rings. The zero-order valence-electron chi connectivity index (χ0n) is 7.88. The normalized spacial score (nSPS) is 10.8. The highest BCUT2D eigenvalue weighted by Crippen LogP contribution is 2.28. The van der Waals surface area contributed by atoms with Crippen LogP contribution in [0.2, 0.25) is 0 Å². The molecule has 0 amide bonds. The van der Waals surface area contributed by atoms with Crippen LogP contribution >= 0.6 is 31.9 Å². The Morgan fingerprint density at radius 2 is 2.19 bits per heavy atom. The van der Waals surface area contributed by atoms with E-state index in [2.05, 4.69) is 36.8 Å². The third kappa shape index (κ3) is 3.21. The second-order valence-corrected chi connectivity index (χ2v) is 4.29. The van der Waals surface area contributed by atoms with Gasteiger partial charge in [0, 0.05) is 10.9 Å². The van der Waals surface area contributed by atoms with Gasteiger partial charge in [0.25, 0.3) is 6.43 Å². The van der Waals surface area contributed by atoms with Crippen LogP contribution in [-0.4, -0.2) is 16.1 Å². The van der Waals surface area contributed by atoms with Gasteiger partial charge in [-0.15, -0.1) is 0 Å². The van der Waals surface area contributed by atoms with Crippen molar-refractivity contribution in [1.82, 2.24) is 4.98 Å². The molecule has 1 aromatic heterocycles. The Morgan fingerprint density at radius 1 is 1.56 bits per heavy atom. The number of carboxylic acid groups (broad SMARTS) is 1. The lowest BCUT2D eigenvalue weighted by molar-refractivity contribution is -0.136. The molecule has 0 radical (unpaired) electrons. The molecule has 88 valence electrons. The van der Waals surface area contributed by atoms with Gasteiger partial charge in [0.2, 0.25) is 0 Å². The van der Waals surface area contributed by atoms with Crippen LogP contribution in [0.15, 0.2) is 10.7 Å². The summed E-state index contributed by atoms with van der Waals surface area (Å²) in [6.07, 6.45) is -3.24. The van der Waals surface area contributed by atoms with Crippen molar-refractivity contribution in [2.24, 2.45) is 0 Å². The molecule has 1 aromatic rings. The summed E-state index contributed by atoms with van der Waals surface area (Å²) in [5.74, 6) is -1.19. The summed E-state index contributed by atoms with van der Waals surface area (Å²) in [6.45, 7) is 0. The van der Waals surface area contributed by atoms with Crippen LogP contribution < -0.4 is 0 Å². The van der Waals surface area contributed by atoms with Crippen LogP contribution in [0.4, 0.5) is 8.78 Å². The van der Waals surface area contributed by atoms with Gasteiger partial charge >= 0.3 is 5.97 Å². The molecule has 0 saturated carbocycles. The van der Waals surface area contributed by atoms with Gasteiger partial charge in [0.1, 0.15) is 4.60 Å². The number of carboxylic acids is 1. The van der Waals surface area contributed by atoms with Crippen molar-refractivity contribution in [3.05, 3.63) is 27.5 Å². The molecule has 0 aliphatic carbocycles. The molecule has 1 heterocycles. The minimum Gasteiger partial charge on any atom is -0.481 e. The van der Waals surface area contributed by atoms with Crippen molar-refractivity contribution < 1.29 is 18.7 Å². The first-order valence-corrected chi connectivity index (χ1v) is 6.11. The molecule has 0 aliphatic rings. The Bertz CT molecular complexity index is 413. The number of aliphatic carboxylic acids is 1. The largest absolute Gasteiger partial charge is 0.481 e. The van der Waals surface area contributed by atoms with Crippen LogP contribution in [0.25, 0.3) is 0 Å². The monoisotopic (exact) mass is 357 g/mol. The standard InChI is InChI=1S/C9H7Br2F2NO2/c10-3-4-1-5(9(12)13)6(2-7(15)16)14-8(4)11/h1,9H,2-3H2,(H,15,16). The second-order valence-electron chi connectivity index (χ2n) is 2.98. The quantitative estimate of drug-likeness (QED) is 0.663. The molecule has 16 heavy (non-hydrogen) atoms.